The zero-order valence-corrected chi connectivity index (χ0v) is 9.45. The number of para-hydroxylation sites is 1. The molecule has 1 aromatic carbocycles. The van der Waals surface area contributed by atoms with E-state index in [1.807, 2.05) is 12.1 Å². The Kier molecular flexibility index (Phi) is 3.80. The van der Waals surface area contributed by atoms with Crippen LogP contribution in [0.4, 0.5) is 0 Å². The van der Waals surface area contributed by atoms with Crippen molar-refractivity contribution in [1.29, 1.82) is 0 Å². The molecule has 16 heavy (non-hydrogen) atoms. The van der Waals surface area contributed by atoms with Gasteiger partial charge >= 0.3 is 0 Å². The van der Waals surface area contributed by atoms with Gasteiger partial charge in [0.15, 0.2) is 0 Å². The molecule has 2 rings (SSSR count). The van der Waals surface area contributed by atoms with Crippen LogP contribution in [0, 0.1) is 5.92 Å². The number of aliphatic hydroxyl groups is 1. The van der Waals surface area contributed by atoms with Crippen molar-refractivity contribution < 1.29 is 10.2 Å². The molecular formula is C13H19NO2. The minimum Gasteiger partial charge on any atom is -0.507 e. The van der Waals surface area contributed by atoms with Crippen LogP contribution < -0.4 is 5.32 Å². The van der Waals surface area contributed by atoms with Crippen molar-refractivity contribution in [2.75, 3.05) is 13.1 Å². The summed E-state index contributed by atoms with van der Waals surface area (Å²) in [6.45, 7) is 2.05. The van der Waals surface area contributed by atoms with Crippen molar-refractivity contribution in [1.82, 2.24) is 5.32 Å². The maximum Gasteiger partial charge on any atom is 0.124 e. The molecule has 3 heteroatoms. The van der Waals surface area contributed by atoms with E-state index in [9.17, 15) is 5.11 Å². The summed E-state index contributed by atoms with van der Waals surface area (Å²) in [6, 6.07) is 5.61. The van der Waals surface area contributed by atoms with Crippen molar-refractivity contribution in [3.63, 3.8) is 0 Å². The topological polar surface area (TPSA) is 52.5 Å². The predicted molar refractivity (Wildman–Crippen MR) is 63.3 cm³/mol. The summed E-state index contributed by atoms with van der Waals surface area (Å²) in [4.78, 5) is 0. The van der Waals surface area contributed by atoms with Crippen molar-refractivity contribution in [2.45, 2.75) is 25.9 Å². The largest absolute Gasteiger partial charge is 0.507 e. The molecule has 1 unspecified atom stereocenters. The monoisotopic (exact) mass is 221 g/mol. The SMILES string of the molecule is OCc1cccc(CC2CCCNC2)c1O. The normalized spacial score (nSPS) is 20.9. The van der Waals surface area contributed by atoms with Gasteiger partial charge in [-0.15, -0.1) is 0 Å². The first-order chi connectivity index (χ1) is 7.81. The summed E-state index contributed by atoms with van der Waals surface area (Å²) in [5, 5.41) is 22.4. The molecule has 1 fully saturated rings. The van der Waals surface area contributed by atoms with Gasteiger partial charge in [0.1, 0.15) is 5.75 Å². The molecule has 1 atom stereocenters. The Balaban J connectivity index is 2.08. The number of hydrogen-bond acceptors (Lipinski definition) is 3. The lowest BCUT2D eigenvalue weighted by atomic mass is 9.91. The highest BCUT2D eigenvalue weighted by molar-refractivity contribution is 5.40. The second-order valence-electron chi connectivity index (χ2n) is 4.50. The number of phenols is 1. The van der Waals surface area contributed by atoms with Gasteiger partial charge < -0.3 is 15.5 Å². The maximum atomic E-state index is 9.94. The fourth-order valence-corrected chi connectivity index (χ4v) is 2.35. The van der Waals surface area contributed by atoms with Gasteiger partial charge in [-0.05, 0) is 43.8 Å². The van der Waals surface area contributed by atoms with Gasteiger partial charge in [-0.3, -0.25) is 0 Å². The highest BCUT2D eigenvalue weighted by Crippen LogP contribution is 2.26. The highest BCUT2D eigenvalue weighted by Gasteiger charge is 2.16. The minimum absolute atomic E-state index is 0.0947. The van der Waals surface area contributed by atoms with Crippen LogP contribution in [-0.2, 0) is 13.0 Å². The van der Waals surface area contributed by atoms with Crippen LogP contribution in [0.3, 0.4) is 0 Å². The van der Waals surface area contributed by atoms with Gasteiger partial charge in [-0.25, -0.2) is 0 Å². The zero-order chi connectivity index (χ0) is 11.4. The molecule has 88 valence electrons. The number of benzene rings is 1. The molecule has 0 bridgehead atoms. The molecule has 1 aromatic rings. The van der Waals surface area contributed by atoms with Crippen LogP contribution in [0.5, 0.6) is 5.75 Å². The molecule has 3 N–H and O–H groups in total. The Morgan fingerprint density at radius 1 is 1.31 bits per heavy atom. The molecule has 1 aliphatic rings. The summed E-state index contributed by atoms with van der Waals surface area (Å²) >= 11 is 0. The van der Waals surface area contributed by atoms with Crippen molar-refractivity contribution in [2.24, 2.45) is 5.92 Å². The van der Waals surface area contributed by atoms with E-state index < -0.39 is 0 Å². The first-order valence-electron chi connectivity index (χ1n) is 5.92. The predicted octanol–water partition coefficient (Wildman–Crippen LogP) is 1.43. The minimum atomic E-state index is -0.0947. The third kappa shape index (κ3) is 2.54. The number of aromatic hydroxyl groups is 1. The maximum absolute atomic E-state index is 9.94. The Morgan fingerprint density at radius 3 is 2.81 bits per heavy atom. The molecule has 0 spiro atoms. The van der Waals surface area contributed by atoms with Crippen molar-refractivity contribution >= 4 is 0 Å². The molecule has 0 aromatic heterocycles. The second-order valence-corrected chi connectivity index (χ2v) is 4.50. The molecule has 0 saturated carbocycles. The summed E-state index contributed by atoms with van der Waals surface area (Å²) in [5.41, 5.74) is 1.58. The van der Waals surface area contributed by atoms with E-state index in [4.69, 9.17) is 5.11 Å². The molecule has 0 aliphatic carbocycles. The third-order valence-electron chi connectivity index (χ3n) is 3.28. The summed E-state index contributed by atoms with van der Waals surface area (Å²) in [5.74, 6) is 0.879. The van der Waals surface area contributed by atoms with Gasteiger partial charge in [0, 0.05) is 5.56 Å². The van der Waals surface area contributed by atoms with Crippen LogP contribution in [0.15, 0.2) is 18.2 Å². The number of hydrogen-bond donors (Lipinski definition) is 3. The van der Waals surface area contributed by atoms with E-state index in [0.29, 0.717) is 11.5 Å². The standard InChI is InChI=1S/C13H19NO2/c15-9-12-5-1-4-11(13(12)16)7-10-3-2-6-14-8-10/h1,4-5,10,14-16H,2-3,6-9H2. The van der Waals surface area contributed by atoms with Gasteiger partial charge in [-0.1, -0.05) is 18.2 Å². The van der Waals surface area contributed by atoms with E-state index in [0.717, 1.165) is 25.1 Å². The van der Waals surface area contributed by atoms with Gasteiger partial charge in [0.25, 0.3) is 0 Å². The Hall–Kier alpha value is -1.06. The summed E-state index contributed by atoms with van der Waals surface area (Å²) in [6.07, 6.45) is 3.33. The van der Waals surface area contributed by atoms with Crippen LogP contribution in [-0.4, -0.2) is 23.3 Å². The quantitative estimate of drug-likeness (QED) is 0.723. The fraction of sp³-hybridized carbons (Fsp3) is 0.538. The lowest BCUT2D eigenvalue weighted by molar-refractivity contribution is 0.274. The van der Waals surface area contributed by atoms with Gasteiger partial charge in [-0.2, -0.15) is 0 Å². The molecule has 1 aliphatic heterocycles. The Labute approximate surface area is 96.1 Å². The highest BCUT2D eigenvalue weighted by atomic mass is 16.3. The molecule has 0 amide bonds. The molecule has 1 heterocycles. The summed E-state index contributed by atoms with van der Waals surface area (Å²) < 4.78 is 0. The fourth-order valence-electron chi connectivity index (χ4n) is 2.35. The molecular weight excluding hydrogens is 202 g/mol. The average molecular weight is 221 g/mol. The Morgan fingerprint density at radius 2 is 2.12 bits per heavy atom. The molecule has 3 nitrogen and oxygen atoms in total. The second kappa shape index (κ2) is 5.32. The first kappa shape index (κ1) is 11.4. The molecule has 0 radical (unpaired) electrons. The number of rotatable bonds is 3. The van der Waals surface area contributed by atoms with Crippen LogP contribution in [0.1, 0.15) is 24.0 Å². The average Bonchev–Trinajstić information content (AvgIpc) is 2.33. The van der Waals surface area contributed by atoms with Crippen LogP contribution in [0.25, 0.3) is 0 Å². The lowest BCUT2D eigenvalue weighted by Gasteiger charge is -2.23. The van der Waals surface area contributed by atoms with Gasteiger partial charge in [0.05, 0.1) is 6.61 Å². The van der Waals surface area contributed by atoms with E-state index >= 15 is 0 Å². The summed E-state index contributed by atoms with van der Waals surface area (Å²) in [7, 11) is 0. The smallest absolute Gasteiger partial charge is 0.124 e. The first-order valence-corrected chi connectivity index (χ1v) is 5.92. The van der Waals surface area contributed by atoms with E-state index in [1.54, 1.807) is 6.07 Å². The van der Waals surface area contributed by atoms with E-state index in [1.165, 1.54) is 12.8 Å². The van der Waals surface area contributed by atoms with E-state index in [2.05, 4.69) is 5.32 Å². The molecule has 1 saturated heterocycles. The van der Waals surface area contributed by atoms with Gasteiger partial charge in [0.2, 0.25) is 0 Å². The van der Waals surface area contributed by atoms with Crippen molar-refractivity contribution in [3.8, 4) is 5.75 Å². The van der Waals surface area contributed by atoms with Crippen LogP contribution in [0.2, 0.25) is 0 Å². The Bertz CT molecular complexity index is 346. The van der Waals surface area contributed by atoms with Crippen molar-refractivity contribution in [3.05, 3.63) is 29.3 Å². The van der Waals surface area contributed by atoms with E-state index in [-0.39, 0.29) is 12.4 Å². The number of piperidine rings is 1. The number of nitrogens with one attached hydrogen (secondary N) is 1. The third-order valence-corrected chi connectivity index (χ3v) is 3.28. The zero-order valence-electron chi connectivity index (χ0n) is 9.45. The lowest BCUT2D eigenvalue weighted by Crippen LogP contribution is -2.30. The van der Waals surface area contributed by atoms with Crippen LogP contribution >= 0.6 is 0 Å². The number of aliphatic hydroxyl groups excluding tert-OH is 1.